The number of fused-ring (bicyclic) bond motifs is 4. The monoisotopic (exact) mass is 577 g/mol. The van der Waals surface area contributed by atoms with Crippen molar-refractivity contribution >= 4 is 39.1 Å². The molecule has 0 radical (unpaired) electrons. The molecule has 214 valence electrons. The van der Waals surface area contributed by atoms with Gasteiger partial charge in [-0.15, -0.1) is 0 Å². The van der Waals surface area contributed by atoms with Crippen molar-refractivity contribution in [2.75, 3.05) is 45.2 Å². The number of aromatic nitrogens is 2. The summed E-state index contributed by atoms with van der Waals surface area (Å²) in [5.74, 6) is -0.0300. The number of aliphatic hydroxyl groups excluding tert-OH is 1. The van der Waals surface area contributed by atoms with Gasteiger partial charge in [-0.1, -0.05) is 35.9 Å². The number of aromatic hydroxyl groups is 1. The van der Waals surface area contributed by atoms with E-state index >= 15 is 4.39 Å². The van der Waals surface area contributed by atoms with E-state index in [0.717, 1.165) is 30.2 Å². The van der Waals surface area contributed by atoms with Crippen LogP contribution in [0.2, 0.25) is 5.02 Å². The predicted molar refractivity (Wildman–Crippen MR) is 158 cm³/mol. The number of phenols is 1. The molecule has 41 heavy (non-hydrogen) atoms. The van der Waals surface area contributed by atoms with Crippen molar-refractivity contribution in [2.24, 2.45) is 5.41 Å². The standard InChI is InChI=1S/C31H33ClFN5O3/c1-37(2)15-31(7-8-31)16-41-30-35-28-22(29(36-30)38-13-18-10-25(40)24(14-38)34-18)12-23(32)26(27(28)33)21-11-19(39)9-17-5-3-4-6-20(17)21/h3-6,9,11-12,18,24-25,34,39-40H,7-8,10,13-16H2,1-2H3/t18?,24?,25-/m0/s1. The third kappa shape index (κ3) is 4.84. The Kier molecular flexibility index (Phi) is 6.46. The maximum Gasteiger partial charge on any atom is 0.319 e. The maximum absolute atomic E-state index is 16.7. The number of nitrogens with zero attached hydrogens (tertiary/aromatic N) is 4. The fourth-order valence-corrected chi connectivity index (χ4v) is 6.91. The first-order chi connectivity index (χ1) is 19.7. The van der Waals surface area contributed by atoms with Gasteiger partial charge < -0.3 is 30.1 Å². The molecule has 3 aromatic carbocycles. The summed E-state index contributed by atoms with van der Waals surface area (Å²) in [7, 11) is 4.09. The van der Waals surface area contributed by atoms with Crippen LogP contribution in [0.5, 0.6) is 11.8 Å². The van der Waals surface area contributed by atoms with E-state index in [9.17, 15) is 10.2 Å². The SMILES string of the molecule is CN(C)CC1(COc2nc(N3CC4C[C@H](O)C(C3)N4)c3cc(Cl)c(-c4cc(O)cc5ccccc45)c(F)c3n2)CC1. The Balaban J connectivity index is 1.37. The number of hydrogen-bond acceptors (Lipinski definition) is 8. The molecule has 3 fully saturated rings. The van der Waals surface area contributed by atoms with Crippen LogP contribution in [0.4, 0.5) is 10.2 Å². The van der Waals surface area contributed by atoms with Gasteiger partial charge in [-0.3, -0.25) is 0 Å². The molecule has 2 aliphatic heterocycles. The summed E-state index contributed by atoms with van der Waals surface area (Å²) in [6.07, 6.45) is 2.33. The number of nitrogens with one attached hydrogen (secondary N) is 1. The molecule has 3 atom stereocenters. The Labute approximate surface area is 242 Å². The minimum Gasteiger partial charge on any atom is -0.508 e. The van der Waals surface area contributed by atoms with Crippen LogP contribution < -0.4 is 15.0 Å². The van der Waals surface area contributed by atoms with E-state index in [4.69, 9.17) is 21.3 Å². The molecule has 7 rings (SSSR count). The summed E-state index contributed by atoms with van der Waals surface area (Å²) in [5.41, 5.74) is 0.813. The number of phenolic OH excluding ortho intramolecular Hbond substituents is 1. The van der Waals surface area contributed by atoms with Crippen molar-refractivity contribution in [3.8, 4) is 22.9 Å². The quantitative estimate of drug-likeness (QED) is 0.294. The molecule has 1 aliphatic carbocycles. The Bertz CT molecular complexity index is 1660. The first-order valence-electron chi connectivity index (χ1n) is 14.1. The van der Waals surface area contributed by atoms with Gasteiger partial charge in [-0.2, -0.15) is 9.97 Å². The van der Waals surface area contributed by atoms with Crippen LogP contribution >= 0.6 is 11.6 Å². The number of ether oxygens (including phenoxy) is 1. The zero-order valence-corrected chi connectivity index (χ0v) is 23.8. The Morgan fingerprint density at radius 2 is 1.95 bits per heavy atom. The average molecular weight is 578 g/mol. The molecule has 3 N–H and O–H groups in total. The third-order valence-corrected chi connectivity index (χ3v) is 8.97. The first kappa shape index (κ1) is 26.6. The van der Waals surface area contributed by atoms with Gasteiger partial charge in [0.2, 0.25) is 0 Å². The summed E-state index contributed by atoms with van der Waals surface area (Å²) in [6.45, 7) is 2.47. The van der Waals surface area contributed by atoms with Gasteiger partial charge in [0.1, 0.15) is 17.1 Å². The van der Waals surface area contributed by atoms with Gasteiger partial charge in [0.05, 0.1) is 23.8 Å². The van der Waals surface area contributed by atoms with Crippen molar-refractivity contribution in [2.45, 2.75) is 37.5 Å². The van der Waals surface area contributed by atoms with E-state index in [1.165, 1.54) is 6.07 Å². The van der Waals surface area contributed by atoms with Crippen molar-refractivity contribution in [3.05, 3.63) is 53.3 Å². The van der Waals surface area contributed by atoms with Crippen LogP contribution in [0.3, 0.4) is 0 Å². The lowest BCUT2D eigenvalue weighted by molar-refractivity contribution is 0.162. The first-order valence-corrected chi connectivity index (χ1v) is 14.5. The molecule has 2 saturated heterocycles. The smallest absolute Gasteiger partial charge is 0.319 e. The van der Waals surface area contributed by atoms with Crippen LogP contribution in [0.25, 0.3) is 32.8 Å². The van der Waals surface area contributed by atoms with Crippen LogP contribution in [0.15, 0.2) is 42.5 Å². The minimum atomic E-state index is -0.593. The normalized spacial score (nSPS) is 23.1. The van der Waals surface area contributed by atoms with E-state index in [1.807, 2.05) is 38.4 Å². The fraction of sp³-hybridized carbons (Fsp3) is 0.419. The molecular weight excluding hydrogens is 545 g/mol. The lowest BCUT2D eigenvalue weighted by Gasteiger charge is -2.34. The molecule has 2 bridgehead atoms. The average Bonchev–Trinajstić information content (AvgIpc) is 3.64. The maximum atomic E-state index is 16.7. The third-order valence-electron chi connectivity index (χ3n) is 8.67. The number of anilines is 1. The topological polar surface area (TPSA) is 94.0 Å². The number of aliphatic hydroxyl groups is 1. The van der Waals surface area contributed by atoms with Gasteiger partial charge in [-0.25, -0.2) is 4.39 Å². The number of rotatable bonds is 7. The van der Waals surface area contributed by atoms with Gasteiger partial charge in [-0.05, 0) is 67.9 Å². The summed E-state index contributed by atoms with van der Waals surface area (Å²) >= 11 is 6.83. The van der Waals surface area contributed by atoms with Crippen LogP contribution in [0, 0.1) is 11.2 Å². The largest absolute Gasteiger partial charge is 0.508 e. The number of hydrogen-bond donors (Lipinski definition) is 3. The van der Waals surface area contributed by atoms with E-state index in [2.05, 4.69) is 20.1 Å². The lowest BCUT2D eigenvalue weighted by Crippen LogP contribution is -2.53. The van der Waals surface area contributed by atoms with Crippen LogP contribution in [0.1, 0.15) is 19.3 Å². The van der Waals surface area contributed by atoms with Crippen molar-refractivity contribution in [1.82, 2.24) is 20.2 Å². The Morgan fingerprint density at radius 1 is 1.15 bits per heavy atom. The van der Waals surface area contributed by atoms with Gasteiger partial charge >= 0.3 is 6.01 Å². The molecule has 0 amide bonds. The molecule has 10 heteroatoms. The van der Waals surface area contributed by atoms with Crippen LogP contribution in [-0.2, 0) is 0 Å². The minimum absolute atomic E-state index is 0.0205. The second-order valence-electron chi connectivity index (χ2n) is 12.2. The van der Waals surface area contributed by atoms with E-state index in [-0.39, 0.29) is 45.4 Å². The Morgan fingerprint density at radius 3 is 2.71 bits per heavy atom. The second kappa shape index (κ2) is 9.94. The summed E-state index contributed by atoms with van der Waals surface area (Å²) in [6, 6.07) is 12.5. The van der Waals surface area contributed by atoms with Crippen molar-refractivity contribution in [3.63, 3.8) is 0 Å². The number of benzene rings is 3. The highest BCUT2D eigenvalue weighted by atomic mass is 35.5. The molecule has 1 aromatic heterocycles. The highest BCUT2D eigenvalue weighted by molar-refractivity contribution is 6.35. The van der Waals surface area contributed by atoms with Crippen molar-refractivity contribution < 1.29 is 19.3 Å². The Hall–Kier alpha value is -3.24. The van der Waals surface area contributed by atoms with Gasteiger partial charge in [0.25, 0.3) is 0 Å². The molecular formula is C31H33ClFN5O3. The highest BCUT2D eigenvalue weighted by Gasteiger charge is 2.44. The zero-order chi connectivity index (χ0) is 28.5. The van der Waals surface area contributed by atoms with E-state index in [1.54, 1.807) is 12.1 Å². The predicted octanol–water partition coefficient (Wildman–Crippen LogP) is 4.58. The molecule has 8 nitrogen and oxygen atoms in total. The molecule has 4 aromatic rings. The molecule has 3 aliphatic rings. The molecule has 1 saturated carbocycles. The zero-order valence-electron chi connectivity index (χ0n) is 23.1. The second-order valence-corrected chi connectivity index (χ2v) is 12.6. The summed E-state index contributed by atoms with van der Waals surface area (Å²) in [5, 5.41) is 26.6. The summed E-state index contributed by atoms with van der Waals surface area (Å²) in [4.78, 5) is 13.6. The highest BCUT2D eigenvalue weighted by Crippen LogP contribution is 2.47. The van der Waals surface area contributed by atoms with E-state index in [0.29, 0.717) is 42.9 Å². The summed E-state index contributed by atoms with van der Waals surface area (Å²) < 4.78 is 22.9. The van der Waals surface area contributed by atoms with E-state index < -0.39 is 11.9 Å². The molecule has 3 heterocycles. The molecule has 0 spiro atoms. The fourth-order valence-electron chi connectivity index (χ4n) is 6.62. The number of piperazine rings is 1. The lowest BCUT2D eigenvalue weighted by atomic mass is 9.96. The number of halogens is 2. The van der Waals surface area contributed by atoms with Gasteiger partial charge in [0, 0.05) is 42.0 Å². The van der Waals surface area contributed by atoms with Crippen LogP contribution in [-0.4, -0.2) is 83.6 Å². The van der Waals surface area contributed by atoms with Gasteiger partial charge in [0.15, 0.2) is 5.82 Å². The van der Waals surface area contributed by atoms with Crippen molar-refractivity contribution in [1.29, 1.82) is 0 Å². The molecule has 2 unspecified atom stereocenters.